The van der Waals surface area contributed by atoms with E-state index in [0.717, 1.165) is 60.0 Å². The molecule has 1 amide bonds. The number of carbonyl (C=O) groups is 1. The summed E-state index contributed by atoms with van der Waals surface area (Å²) in [4.78, 5) is 18.3. The van der Waals surface area contributed by atoms with Gasteiger partial charge >= 0.3 is 0 Å². The third-order valence-electron chi connectivity index (χ3n) is 6.14. The van der Waals surface area contributed by atoms with Crippen molar-refractivity contribution in [2.24, 2.45) is 5.92 Å². The summed E-state index contributed by atoms with van der Waals surface area (Å²) in [6, 6.07) is 13.1. The third kappa shape index (κ3) is 4.57. The molecule has 0 radical (unpaired) electrons. The fraction of sp³-hybridized carbons (Fsp3) is 0.385. The first-order chi connectivity index (χ1) is 15.4. The summed E-state index contributed by atoms with van der Waals surface area (Å²) < 4.78 is 5.97. The van der Waals surface area contributed by atoms with Crippen molar-refractivity contribution in [3.63, 3.8) is 0 Å². The number of anilines is 1. The number of nitrogens with one attached hydrogen (secondary N) is 1. The van der Waals surface area contributed by atoms with Crippen molar-refractivity contribution in [3.8, 4) is 5.75 Å². The molecule has 0 aliphatic heterocycles. The fourth-order valence-corrected chi connectivity index (χ4v) is 5.11. The van der Waals surface area contributed by atoms with Crippen molar-refractivity contribution in [1.82, 2.24) is 4.98 Å². The Labute approximate surface area is 199 Å². The molecule has 0 atom stereocenters. The Kier molecular flexibility index (Phi) is 6.92. The van der Waals surface area contributed by atoms with E-state index in [1.165, 1.54) is 0 Å². The summed E-state index contributed by atoms with van der Waals surface area (Å²) in [7, 11) is 0. The van der Waals surface area contributed by atoms with Crippen LogP contribution in [0.4, 0.5) is 5.69 Å². The number of nitrogens with zero attached hydrogens (tertiary/aromatic N) is 1. The van der Waals surface area contributed by atoms with Crippen molar-refractivity contribution in [3.05, 3.63) is 64.3 Å². The average molecular weight is 471 g/mol. The predicted molar refractivity (Wildman–Crippen MR) is 132 cm³/mol. The number of rotatable bonds is 6. The highest BCUT2D eigenvalue weighted by Crippen LogP contribution is 2.44. The smallest absolute Gasteiger partial charge is 0.235 e. The molecule has 1 fully saturated rings. The average Bonchev–Trinajstić information content (AvgIpc) is 2.79. The van der Waals surface area contributed by atoms with Gasteiger partial charge in [0.25, 0.3) is 0 Å². The minimum Gasteiger partial charge on any atom is -0.491 e. The molecule has 1 aliphatic rings. The highest BCUT2D eigenvalue weighted by Gasteiger charge is 2.42. The highest BCUT2D eigenvalue weighted by atomic mass is 35.5. The molecular formula is C26H28Cl2N2O2. The maximum Gasteiger partial charge on any atom is 0.235 e. The Morgan fingerprint density at radius 3 is 2.62 bits per heavy atom. The molecule has 32 heavy (non-hydrogen) atoms. The first kappa shape index (κ1) is 22.9. The number of halogens is 2. The molecule has 6 heteroatoms. The van der Waals surface area contributed by atoms with E-state index >= 15 is 0 Å². The molecule has 0 spiro atoms. The van der Waals surface area contributed by atoms with Crippen LogP contribution in [-0.2, 0) is 10.2 Å². The molecular weight excluding hydrogens is 443 g/mol. The van der Waals surface area contributed by atoms with Gasteiger partial charge < -0.3 is 10.1 Å². The summed E-state index contributed by atoms with van der Waals surface area (Å²) in [5.74, 6) is 1.09. The molecule has 0 saturated heterocycles. The molecule has 1 heterocycles. The molecule has 4 rings (SSSR count). The Morgan fingerprint density at radius 2 is 1.91 bits per heavy atom. The minimum atomic E-state index is -0.679. The van der Waals surface area contributed by atoms with Gasteiger partial charge in [-0.15, -0.1) is 0 Å². The van der Waals surface area contributed by atoms with E-state index in [-0.39, 0.29) is 5.91 Å². The second-order valence-corrected chi connectivity index (χ2v) is 9.78. The Bertz CT molecular complexity index is 1120. The molecule has 3 aromatic rings. The first-order valence-electron chi connectivity index (χ1n) is 11.2. The lowest BCUT2D eigenvalue weighted by atomic mass is 9.68. The molecule has 0 bridgehead atoms. The zero-order valence-corrected chi connectivity index (χ0v) is 20.0. The number of pyridine rings is 1. The molecule has 1 aliphatic carbocycles. The molecule has 1 aromatic heterocycles. The second-order valence-electron chi connectivity index (χ2n) is 8.94. The lowest BCUT2D eigenvalue weighted by Gasteiger charge is -2.37. The van der Waals surface area contributed by atoms with Crippen molar-refractivity contribution in [2.75, 3.05) is 11.9 Å². The summed E-state index contributed by atoms with van der Waals surface area (Å²) in [5, 5.41) is 5.17. The van der Waals surface area contributed by atoms with Crippen LogP contribution in [0, 0.1) is 5.92 Å². The highest BCUT2D eigenvalue weighted by molar-refractivity contribution is 6.35. The Morgan fingerprint density at radius 1 is 1.12 bits per heavy atom. The zero-order valence-electron chi connectivity index (χ0n) is 18.5. The van der Waals surface area contributed by atoms with Gasteiger partial charge in [-0.1, -0.05) is 62.4 Å². The summed E-state index contributed by atoms with van der Waals surface area (Å²) in [6.45, 7) is 4.82. The van der Waals surface area contributed by atoms with Crippen molar-refractivity contribution >= 4 is 45.7 Å². The maximum atomic E-state index is 13.8. The number of benzene rings is 2. The summed E-state index contributed by atoms with van der Waals surface area (Å²) in [5.41, 5.74) is 1.64. The van der Waals surface area contributed by atoms with Gasteiger partial charge in [-0.25, -0.2) is 0 Å². The van der Waals surface area contributed by atoms with E-state index in [4.69, 9.17) is 27.9 Å². The second kappa shape index (κ2) is 9.68. The standard InChI is InChI=1S/C26H28Cl2N2O2/c1-17(2)16-32-23-11-10-22(19-7-6-14-29-24(19)23)30-25(31)26(12-4-3-5-13-26)20-9-8-18(27)15-21(20)28/h6-11,14-15,17H,3-5,12-13,16H2,1-2H3,(H,30,31). The maximum absolute atomic E-state index is 13.8. The first-order valence-corrected chi connectivity index (χ1v) is 11.9. The van der Waals surface area contributed by atoms with Gasteiger partial charge in [-0.3, -0.25) is 9.78 Å². The predicted octanol–water partition coefficient (Wildman–Crippen LogP) is 7.42. The quantitative estimate of drug-likeness (QED) is 0.407. The topological polar surface area (TPSA) is 51.2 Å². The molecule has 2 aromatic carbocycles. The molecule has 0 unspecified atom stereocenters. The zero-order chi connectivity index (χ0) is 22.7. The van der Waals surface area contributed by atoms with Gasteiger partial charge in [0.05, 0.1) is 17.7 Å². The number of aromatic nitrogens is 1. The Hall–Kier alpha value is -2.30. The molecule has 168 valence electrons. The van der Waals surface area contributed by atoms with Crippen LogP contribution >= 0.6 is 23.2 Å². The van der Waals surface area contributed by atoms with Gasteiger partial charge in [-0.05, 0) is 60.7 Å². The van der Waals surface area contributed by atoms with E-state index in [0.29, 0.717) is 22.6 Å². The normalized spacial score (nSPS) is 15.7. The number of hydrogen-bond donors (Lipinski definition) is 1. The van der Waals surface area contributed by atoms with Gasteiger partial charge in [0.2, 0.25) is 5.91 Å². The van der Waals surface area contributed by atoms with Crippen LogP contribution in [0.3, 0.4) is 0 Å². The monoisotopic (exact) mass is 470 g/mol. The fourth-order valence-electron chi connectivity index (χ4n) is 4.52. The number of carbonyl (C=O) groups excluding carboxylic acids is 1. The third-order valence-corrected chi connectivity index (χ3v) is 6.69. The van der Waals surface area contributed by atoms with Gasteiger partial charge in [-0.2, -0.15) is 0 Å². The van der Waals surface area contributed by atoms with Gasteiger partial charge in [0, 0.05) is 21.6 Å². The van der Waals surface area contributed by atoms with Crippen LogP contribution < -0.4 is 10.1 Å². The van der Waals surface area contributed by atoms with E-state index < -0.39 is 5.41 Å². The lowest BCUT2D eigenvalue weighted by Crippen LogP contribution is -2.42. The van der Waals surface area contributed by atoms with Gasteiger partial charge in [0.15, 0.2) is 0 Å². The molecule has 1 N–H and O–H groups in total. The number of amides is 1. The van der Waals surface area contributed by atoms with Crippen LogP contribution in [0.2, 0.25) is 10.0 Å². The molecule has 1 saturated carbocycles. The van der Waals surface area contributed by atoms with Crippen LogP contribution in [0.25, 0.3) is 10.9 Å². The van der Waals surface area contributed by atoms with E-state index in [2.05, 4.69) is 24.1 Å². The molecule has 4 nitrogen and oxygen atoms in total. The largest absolute Gasteiger partial charge is 0.491 e. The number of ether oxygens (including phenoxy) is 1. The van der Waals surface area contributed by atoms with Crippen LogP contribution in [0.15, 0.2) is 48.7 Å². The van der Waals surface area contributed by atoms with Crippen LogP contribution in [0.1, 0.15) is 51.5 Å². The summed E-state index contributed by atoms with van der Waals surface area (Å²) in [6.07, 6.45) is 6.34. The van der Waals surface area contributed by atoms with Crippen molar-refractivity contribution in [1.29, 1.82) is 0 Å². The van der Waals surface area contributed by atoms with Crippen molar-refractivity contribution in [2.45, 2.75) is 51.4 Å². The SMILES string of the molecule is CC(C)COc1ccc(NC(=O)C2(c3ccc(Cl)cc3Cl)CCCCC2)c2cccnc12. The number of fused-ring (bicyclic) bond motifs is 1. The van der Waals surface area contributed by atoms with E-state index in [1.807, 2.05) is 36.4 Å². The Balaban J connectivity index is 1.71. The van der Waals surface area contributed by atoms with Crippen LogP contribution in [-0.4, -0.2) is 17.5 Å². The van der Waals surface area contributed by atoms with Crippen molar-refractivity contribution < 1.29 is 9.53 Å². The number of hydrogen-bond acceptors (Lipinski definition) is 3. The van der Waals surface area contributed by atoms with E-state index in [9.17, 15) is 4.79 Å². The summed E-state index contributed by atoms with van der Waals surface area (Å²) >= 11 is 12.7. The van der Waals surface area contributed by atoms with E-state index in [1.54, 1.807) is 12.3 Å². The lowest BCUT2D eigenvalue weighted by molar-refractivity contribution is -0.122. The van der Waals surface area contributed by atoms with Crippen LogP contribution in [0.5, 0.6) is 5.75 Å². The minimum absolute atomic E-state index is 0.0394. The van der Waals surface area contributed by atoms with Gasteiger partial charge in [0.1, 0.15) is 11.3 Å².